The molecule has 1 aromatic carbocycles. The first-order valence-electron chi connectivity index (χ1n) is 5.85. The van der Waals surface area contributed by atoms with Crippen LogP contribution in [0.2, 0.25) is 0 Å². The van der Waals surface area contributed by atoms with E-state index in [1.54, 1.807) is 6.20 Å². The van der Waals surface area contributed by atoms with Gasteiger partial charge in [0.25, 0.3) is 0 Å². The molecular formula is C14H17N2OP. The molecule has 1 aliphatic heterocycles. The highest BCUT2D eigenvalue weighted by molar-refractivity contribution is 7.27. The Morgan fingerprint density at radius 3 is 2.94 bits per heavy atom. The number of nitrogens with one attached hydrogen (secondary N) is 1. The van der Waals surface area contributed by atoms with Crippen LogP contribution in [0.5, 0.6) is 0 Å². The van der Waals surface area contributed by atoms with Gasteiger partial charge in [0, 0.05) is 12.6 Å². The zero-order valence-corrected chi connectivity index (χ0v) is 11.5. The summed E-state index contributed by atoms with van der Waals surface area (Å²) in [6.07, 6.45) is 5.05. The van der Waals surface area contributed by atoms with Crippen LogP contribution in [-0.2, 0) is 4.79 Å². The highest BCUT2D eigenvalue weighted by atomic mass is 31.0. The summed E-state index contributed by atoms with van der Waals surface area (Å²) in [6.45, 7) is 2.08. The third-order valence-corrected chi connectivity index (χ3v) is 3.63. The first-order valence-corrected chi connectivity index (χ1v) is 6.42. The number of hydrogen-bond acceptors (Lipinski definition) is 3. The molecule has 4 heteroatoms. The minimum Gasteiger partial charge on any atom is -0.397 e. The molecule has 1 heterocycles. The maximum atomic E-state index is 10.6. The molecule has 0 fully saturated rings. The Bertz CT molecular complexity index is 514. The predicted molar refractivity (Wildman–Crippen MR) is 77.4 cm³/mol. The van der Waals surface area contributed by atoms with Crippen molar-refractivity contribution in [2.24, 2.45) is 5.73 Å². The molecular weight excluding hydrogens is 243 g/mol. The lowest BCUT2D eigenvalue weighted by molar-refractivity contribution is -0.107. The topological polar surface area (TPSA) is 55.1 Å². The van der Waals surface area contributed by atoms with Gasteiger partial charge in [-0.3, -0.25) is 0 Å². The van der Waals surface area contributed by atoms with Crippen molar-refractivity contribution in [3.8, 4) is 0 Å². The fraction of sp³-hybridized carbons (Fsp3) is 0.214. The quantitative estimate of drug-likeness (QED) is 0.639. The minimum atomic E-state index is 0.0703. The van der Waals surface area contributed by atoms with Gasteiger partial charge in [-0.05, 0) is 28.9 Å². The van der Waals surface area contributed by atoms with Crippen LogP contribution in [0.1, 0.15) is 23.6 Å². The first kappa shape index (κ1) is 12.8. The molecule has 0 saturated carbocycles. The van der Waals surface area contributed by atoms with Crippen LogP contribution >= 0.6 is 9.24 Å². The minimum absolute atomic E-state index is 0.0703. The Kier molecular flexibility index (Phi) is 3.83. The normalized spacial score (nSPS) is 18.7. The third-order valence-electron chi connectivity index (χ3n) is 3.13. The maximum Gasteiger partial charge on any atom is 0.124 e. The van der Waals surface area contributed by atoms with E-state index in [-0.39, 0.29) is 6.04 Å². The van der Waals surface area contributed by atoms with Crippen molar-refractivity contribution < 1.29 is 4.79 Å². The summed E-state index contributed by atoms with van der Waals surface area (Å²) in [6, 6.07) is 6.24. The fourth-order valence-electron chi connectivity index (χ4n) is 2.19. The van der Waals surface area contributed by atoms with Crippen LogP contribution in [0.25, 0.3) is 0 Å². The van der Waals surface area contributed by atoms with Gasteiger partial charge >= 0.3 is 0 Å². The lowest BCUT2D eigenvalue weighted by Crippen LogP contribution is -2.25. The van der Waals surface area contributed by atoms with Crippen LogP contribution in [0.4, 0.5) is 0 Å². The van der Waals surface area contributed by atoms with Gasteiger partial charge in [-0.1, -0.05) is 24.3 Å². The molecule has 2 atom stereocenters. The van der Waals surface area contributed by atoms with Crippen molar-refractivity contribution in [3.05, 3.63) is 52.9 Å². The van der Waals surface area contributed by atoms with E-state index in [9.17, 15) is 4.79 Å². The number of carbonyl (C=O) groups is 1. The largest absolute Gasteiger partial charge is 0.397 e. The molecule has 0 amide bonds. The molecule has 0 spiro atoms. The average molecular weight is 260 g/mol. The van der Waals surface area contributed by atoms with Gasteiger partial charge in [-0.2, -0.15) is 0 Å². The van der Waals surface area contributed by atoms with Crippen LogP contribution < -0.4 is 16.4 Å². The summed E-state index contributed by atoms with van der Waals surface area (Å²) < 4.78 is 0. The first-order chi connectivity index (χ1) is 8.63. The van der Waals surface area contributed by atoms with E-state index in [1.165, 1.54) is 11.1 Å². The molecule has 0 bridgehead atoms. The Labute approximate surface area is 109 Å². The Hall–Kier alpha value is -1.60. The Morgan fingerprint density at radius 2 is 2.28 bits per heavy atom. The number of dihydropyridines is 1. The standard InChI is InChI=1S/C14H17N2OP/c1-9-3-2-4-13(18)14(9)12-7-10(5-6-17)11(15)8-16-12/h2-4,6-8,12,16H,5,15,18H2,1H3. The SMILES string of the molecule is Cc1cccc(P)c1C1C=C(CC=O)C(N)=CN1. The molecule has 94 valence electrons. The molecule has 3 nitrogen and oxygen atoms in total. The molecule has 0 saturated heterocycles. The molecule has 1 aliphatic rings. The second kappa shape index (κ2) is 5.36. The van der Waals surface area contributed by atoms with Crippen molar-refractivity contribution in [1.82, 2.24) is 5.32 Å². The summed E-state index contributed by atoms with van der Waals surface area (Å²) in [4.78, 5) is 10.6. The van der Waals surface area contributed by atoms with Gasteiger partial charge in [0.05, 0.1) is 11.7 Å². The smallest absolute Gasteiger partial charge is 0.124 e. The molecule has 0 aliphatic carbocycles. The van der Waals surface area contributed by atoms with Crippen LogP contribution in [0.3, 0.4) is 0 Å². The number of carbonyl (C=O) groups excluding carboxylic acids is 1. The average Bonchev–Trinajstić information content (AvgIpc) is 2.33. The maximum absolute atomic E-state index is 10.6. The molecule has 0 aromatic heterocycles. The number of rotatable bonds is 3. The Balaban J connectivity index is 2.38. The van der Waals surface area contributed by atoms with Crippen molar-refractivity contribution in [3.63, 3.8) is 0 Å². The van der Waals surface area contributed by atoms with E-state index in [0.717, 1.165) is 17.2 Å². The van der Waals surface area contributed by atoms with E-state index < -0.39 is 0 Å². The third kappa shape index (κ3) is 2.46. The summed E-state index contributed by atoms with van der Waals surface area (Å²) in [5, 5.41) is 4.42. The van der Waals surface area contributed by atoms with Gasteiger partial charge < -0.3 is 15.8 Å². The number of benzene rings is 1. The summed E-state index contributed by atoms with van der Waals surface area (Å²) in [5.41, 5.74) is 9.81. The lowest BCUT2D eigenvalue weighted by atomic mass is 9.95. The van der Waals surface area contributed by atoms with E-state index in [4.69, 9.17) is 5.73 Å². The number of aldehydes is 1. The second-order valence-corrected chi connectivity index (χ2v) is 5.01. The van der Waals surface area contributed by atoms with Crippen molar-refractivity contribution in [1.29, 1.82) is 0 Å². The highest BCUT2D eigenvalue weighted by Crippen LogP contribution is 2.25. The fourth-order valence-corrected chi connectivity index (χ4v) is 2.71. The van der Waals surface area contributed by atoms with E-state index in [2.05, 4.69) is 33.6 Å². The van der Waals surface area contributed by atoms with Crippen LogP contribution in [0, 0.1) is 6.92 Å². The summed E-state index contributed by atoms with van der Waals surface area (Å²) >= 11 is 0. The van der Waals surface area contributed by atoms with Gasteiger partial charge in [-0.15, -0.1) is 9.24 Å². The van der Waals surface area contributed by atoms with Crippen LogP contribution in [0.15, 0.2) is 41.7 Å². The van der Waals surface area contributed by atoms with E-state index in [0.29, 0.717) is 12.1 Å². The second-order valence-electron chi connectivity index (χ2n) is 4.38. The zero-order valence-electron chi connectivity index (χ0n) is 10.3. The Morgan fingerprint density at radius 1 is 1.50 bits per heavy atom. The number of nitrogens with two attached hydrogens (primary N) is 1. The predicted octanol–water partition coefficient (Wildman–Crippen LogP) is 1.46. The number of aryl methyl sites for hydroxylation is 1. The van der Waals surface area contributed by atoms with Crippen molar-refractivity contribution in [2.75, 3.05) is 0 Å². The molecule has 3 N–H and O–H groups in total. The van der Waals surface area contributed by atoms with Crippen molar-refractivity contribution in [2.45, 2.75) is 19.4 Å². The number of allylic oxidation sites excluding steroid dienone is 1. The molecule has 18 heavy (non-hydrogen) atoms. The molecule has 0 radical (unpaired) electrons. The van der Waals surface area contributed by atoms with Gasteiger partial charge in [0.1, 0.15) is 6.29 Å². The van der Waals surface area contributed by atoms with Gasteiger partial charge in [0.15, 0.2) is 0 Å². The van der Waals surface area contributed by atoms with Crippen LogP contribution in [-0.4, -0.2) is 6.29 Å². The van der Waals surface area contributed by atoms with E-state index >= 15 is 0 Å². The van der Waals surface area contributed by atoms with Gasteiger partial charge in [-0.25, -0.2) is 0 Å². The molecule has 2 rings (SSSR count). The lowest BCUT2D eigenvalue weighted by Gasteiger charge is -2.24. The monoisotopic (exact) mass is 260 g/mol. The molecule has 1 aromatic rings. The van der Waals surface area contributed by atoms with Crippen molar-refractivity contribution >= 4 is 20.8 Å². The summed E-state index contributed by atoms with van der Waals surface area (Å²) in [7, 11) is 2.75. The molecule has 2 unspecified atom stereocenters. The highest BCUT2D eigenvalue weighted by Gasteiger charge is 2.17. The summed E-state index contributed by atoms with van der Waals surface area (Å²) in [5.74, 6) is 0. The van der Waals surface area contributed by atoms with Gasteiger partial charge in [0.2, 0.25) is 0 Å². The zero-order chi connectivity index (χ0) is 13.1. The van der Waals surface area contributed by atoms with E-state index in [1.807, 2.05) is 12.1 Å². The number of hydrogen-bond donors (Lipinski definition) is 2.